The van der Waals surface area contributed by atoms with E-state index in [4.69, 9.17) is 9.15 Å². The van der Waals surface area contributed by atoms with Gasteiger partial charge >= 0.3 is 0 Å². The predicted octanol–water partition coefficient (Wildman–Crippen LogP) is 3.63. The molecule has 2 aromatic rings. The van der Waals surface area contributed by atoms with E-state index < -0.39 is 6.10 Å². The second-order valence-electron chi connectivity index (χ2n) is 4.89. The molecule has 1 N–H and O–H groups in total. The number of furan rings is 1. The van der Waals surface area contributed by atoms with Crippen molar-refractivity contribution in [2.45, 2.75) is 25.2 Å². The number of carbonyl (C=O) groups excluding carboxylic acids is 1. The molecule has 0 saturated carbocycles. The van der Waals surface area contributed by atoms with Crippen LogP contribution in [0.25, 0.3) is 0 Å². The van der Waals surface area contributed by atoms with Crippen LogP contribution in [0.5, 0.6) is 5.75 Å². The van der Waals surface area contributed by atoms with Crippen molar-refractivity contribution >= 4 is 17.7 Å². The smallest absolute Gasteiger partial charge is 0.261 e. The summed E-state index contributed by atoms with van der Waals surface area (Å²) in [4.78, 5) is 12.1. The molecule has 1 heterocycles. The molecule has 124 valence electrons. The lowest BCUT2D eigenvalue weighted by atomic mass is 10.2. The maximum atomic E-state index is 12.9. The van der Waals surface area contributed by atoms with Gasteiger partial charge in [-0.15, -0.1) is 0 Å². The lowest BCUT2D eigenvalue weighted by Gasteiger charge is -2.17. The van der Waals surface area contributed by atoms with E-state index in [-0.39, 0.29) is 11.7 Å². The maximum Gasteiger partial charge on any atom is 0.261 e. The van der Waals surface area contributed by atoms with Crippen molar-refractivity contribution in [2.24, 2.45) is 0 Å². The number of rotatable bonds is 9. The lowest BCUT2D eigenvalue weighted by Crippen LogP contribution is -2.39. The number of nitrogens with one attached hydrogen (secondary N) is 1. The molecule has 0 aliphatic rings. The van der Waals surface area contributed by atoms with E-state index in [0.717, 1.165) is 17.3 Å². The molecule has 0 radical (unpaired) electrons. The number of benzene rings is 1. The van der Waals surface area contributed by atoms with Gasteiger partial charge in [-0.05, 0) is 42.8 Å². The number of carbonyl (C=O) groups is 1. The standard InChI is InChI=1S/C17H20FNO3S/c1-2-16(22-14-7-5-13(18)6-8-14)17(20)19-9-11-23-12-15-4-3-10-21-15/h3-8,10,16H,2,9,11-12H2,1H3,(H,19,20)/t16-/m0/s1. The third-order valence-electron chi connectivity index (χ3n) is 3.13. The Morgan fingerprint density at radius 1 is 1.35 bits per heavy atom. The van der Waals surface area contributed by atoms with Crippen LogP contribution in [0, 0.1) is 5.82 Å². The molecule has 0 aliphatic carbocycles. The lowest BCUT2D eigenvalue weighted by molar-refractivity contribution is -0.127. The van der Waals surface area contributed by atoms with Gasteiger partial charge in [-0.1, -0.05) is 6.92 Å². The molecular formula is C17H20FNO3S. The summed E-state index contributed by atoms with van der Waals surface area (Å²) in [5.41, 5.74) is 0. The normalized spacial score (nSPS) is 11.9. The SMILES string of the molecule is CC[C@H](Oc1ccc(F)cc1)C(=O)NCCSCc1ccco1. The summed E-state index contributed by atoms with van der Waals surface area (Å²) in [5.74, 6) is 2.50. The molecule has 1 aromatic carbocycles. The number of hydrogen-bond donors (Lipinski definition) is 1. The summed E-state index contributed by atoms with van der Waals surface area (Å²) >= 11 is 1.69. The highest BCUT2D eigenvalue weighted by molar-refractivity contribution is 7.98. The Kier molecular flexibility index (Phi) is 7.00. The minimum absolute atomic E-state index is 0.157. The molecule has 0 spiro atoms. The Morgan fingerprint density at radius 2 is 2.13 bits per heavy atom. The summed E-state index contributed by atoms with van der Waals surface area (Å²) in [6.45, 7) is 2.44. The van der Waals surface area contributed by atoms with Crippen LogP contribution in [0.1, 0.15) is 19.1 Å². The fourth-order valence-corrected chi connectivity index (χ4v) is 2.68. The van der Waals surface area contributed by atoms with Gasteiger partial charge in [-0.2, -0.15) is 11.8 Å². The molecule has 6 heteroatoms. The minimum atomic E-state index is -0.574. The monoisotopic (exact) mass is 337 g/mol. The van der Waals surface area contributed by atoms with Gasteiger partial charge in [0.2, 0.25) is 0 Å². The van der Waals surface area contributed by atoms with Crippen molar-refractivity contribution < 1.29 is 18.3 Å². The third kappa shape index (κ3) is 5.98. The number of thioether (sulfide) groups is 1. The zero-order valence-electron chi connectivity index (χ0n) is 13.0. The van der Waals surface area contributed by atoms with Gasteiger partial charge in [-0.25, -0.2) is 4.39 Å². The third-order valence-corrected chi connectivity index (χ3v) is 4.11. The van der Waals surface area contributed by atoms with Gasteiger partial charge in [0, 0.05) is 12.3 Å². The highest BCUT2D eigenvalue weighted by Crippen LogP contribution is 2.15. The Bertz CT molecular complexity index is 586. The van der Waals surface area contributed by atoms with Crippen LogP contribution in [-0.4, -0.2) is 24.3 Å². The number of amides is 1. The van der Waals surface area contributed by atoms with E-state index in [0.29, 0.717) is 18.7 Å². The molecule has 0 fully saturated rings. The van der Waals surface area contributed by atoms with Crippen molar-refractivity contribution in [3.05, 3.63) is 54.2 Å². The highest BCUT2D eigenvalue weighted by atomic mass is 32.2. The molecule has 4 nitrogen and oxygen atoms in total. The Hall–Kier alpha value is -1.95. The molecule has 2 rings (SSSR count). The van der Waals surface area contributed by atoms with Gasteiger partial charge in [-0.3, -0.25) is 4.79 Å². The summed E-state index contributed by atoms with van der Waals surface area (Å²) in [6.07, 6.45) is 1.62. The number of ether oxygens (including phenoxy) is 1. The molecule has 0 bridgehead atoms. The largest absolute Gasteiger partial charge is 0.481 e. The van der Waals surface area contributed by atoms with Crippen molar-refractivity contribution in [1.82, 2.24) is 5.32 Å². The first kappa shape index (κ1) is 17.4. The maximum absolute atomic E-state index is 12.9. The van der Waals surface area contributed by atoms with Gasteiger partial charge in [0.05, 0.1) is 12.0 Å². The van der Waals surface area contributed by atoms with Crippen LogP contribution < -0.4 is 10.1 Å². The minimum Gasteiger partial charge on any atom is -0.481 e. The molecule has 1 aromatic heterocycles. The van der Waals surface area contributed by atoms with Crippen molar-refractivity contribution in [2.75, 3.05) is 12.3 Å². The average molecular weight is 337 g/mol. The van der Waals surface area contributed by atoms with E-state index in [1.165, 1.54) is 24.3 Å². The van der Waals surface area contributed by atoms with Crippen LogP contribution in [-0.2, 0) is 10.5 Å². The molecule has 0 saturated heterocycles. The molecular weight excluding hydrogens is 317 g/mol. The molecule has 1 amide bonds. The van der Waals surface area contributed by atoms with Crippen LogP contribution in [0.3, 0.4) is 0 Å². The van der Waals surface area contributed by atoms with Gasteiger partial charge in [0.25, 0.3) is 5.91 Å². The number of hydrogen-bond acceptors (Lipinski definition) is 4. The highest BCUT2D eigenvalue weighted by Gasteiger charge is 2.17. The molecule has 1 atom stereocenters. The first-order chi connectivity index (χ1) is 11.2. The summed E-state index contributed by atoms with van der Waals surface area (Å²) in [7, 11) is 0. The second-order valence-corrected chi connectivity index (χ2v) is 6.00. The van der Waals surface area contributed by atoms with E-state index in [1.54, 1.807) is 18.0 Å². The first-order valence-electron chi connectivity index (χ1n) is 7.49. The Morgan fingerprint density at radius 3 is 2.78 bits per heavy atom. The first-order valence-corrected chi connectivity index (χ1v) is 8.64. The van der Waals surface area contributed by atoms with E-state index in [9.17, 15) is 9.18 Å². The summed E-state index contributed by atoms with van der Waals surface area (Å²) in [6, 6.07) is 9.44. The van der Waals surface area contributed by atoms with Crippen molar-refractivity contribution in [3.8, 4) is 5.75 Å². The van der Waals surface area contributed by atoms with Crippen LogP contribution in [0.4, 0.5) is 4.39 Å². The van der Waals surface area contributed by atoms with E-state index in [2.05, 4.69) is 5.32 Å². The second kappa shape index (κ2) is 9.25. The number of halogens is 1. The fraction of sp³-hybridized carbons (Fsp3) is 0.353. The van der Waals surface area contributed by atoms with Crippen LogP contribution in [0.15, 0.2) is 47.1 Å². The van der Waals surface area contributed by atoms with Crippen LogP contribution in [0.2, 0.25) is 0 Å². The molecule has 0 aliphatic heterocycles. The Balaban J connectivity index is 1.68. The van der Waals surface area contributed by atoms with Crippen molar-refractivity contribution in [1.29, 1.82) is 0 Å². The van der Waals surface area contributed by atoms with Crippen LogP contribution >= 0.6 is 11.8 Å². The van der Waals surface area contributed by atoms with Crippen molar-refractivity contribution in [3.63, 3.8) is 0 Å². The Labute approximate surface area is 139 Å². The molecule has 0 unspecified atom stereocenters. The van der Waals surface area contributed by atoms with E-state index in [1.807, 2.05) is 19.1 Å². The zero-order valence-corrected chi connectivity index (χ0v) is 13.8. The van der Waals surface area contributed by atoms with Gasteiger partial charge < -0.3 is 14.5 Å². The van der Waals surface area contributed by atoms with Gasteiger partial charge in [0.1, 0.15) is 17.3 Å². The van der Waals surface area contributed by atoms with Gasteiger partial charge in [0.15, 0.2) is 6.10 Å². The molecule has 23 heavy (non-hydrogen) atoms. The average Bonchev–Trinajstić information content (AvgIpc) is 3.07. The zero-order chi connectivity index (χ0) is 16.5. The summed E-state index contributed by atoms with van der Waals surface area (Å²) in [5, 5.41) is 2.86. The van der Waals surface area contributed by atoms with E-state index >= 15 is 0 Å². The quantitative estimate of drug-likeness (QED) is 0.710. The summed E-state index contributed by atoms with van der Waals surface area (Å²) < 4.78 is 23.7. The predicted molar refractivity (Wildman–Crippen MR) is 89.0 cm³/mol. The topological polar surface area (TPSA) is 51.5 Å². The fourth-order valence-electron chi connectivity index (χ4n) is 1.93.